The number of likely N-dealkylation sites (N-methyl/N-ethyl adjacent to an activating group) is 1. The number of rotatable bonds is 5. The van der Waals surface area contributed by atoms with Gasteiger partial charge >= 0.3 is 0 Å². The zero-order valence-electron chi connectivity index (χ0n) is 12.5. The van der Waals surface area contributed by atoms with E-state index in [1.165, 1.54) is 19.3 Å². The zero-order chi connectivity index (χ0) is 13.0. The predicted octanol–water partition coefficient (Wildman–Crippen LogP) is 3.32. The topological polar surface area (TPSA) is 21.3 Å². The predicted molar refractivity (Wildman–Crippen MR) is 74.2 cm³/mol. The van der Waals surface area contributed by atoms with Gasteiger partial charge in [0.2, 0.25) is 0 Å². The molecule has 1 fully saturated rings. The standard InChI is InChI=1S/C15H31NO/c1-10(2)15(17-6)14(16-5)13-8-11(3)7-12(4)9-13/h10-16H,7-9H2,1-6H3. The Kier molecular flexibility index (Phi) is 5.94. The minimum Gasteiger partial charge on any atom is -0.380 e. The molecule has 0 aliphatic heterocycles. The Bertz CT molecular complexity index is 207. The highest BCUT2D eigenvalue weighted by molar-refractivity contribution is 4.89. The van der Waals surface area contributed by atoms with Crippen molar-refractivity contribution in [2.75, 3.05) is 14.2 Å². The molecule has 17 heavy (non-hydrogen) atoms. The average Bonchev–Trinajstić information content (AvgIpc) is 2.23. The van der Waals surface area contributed by atoms with Crippen LogP contribution < -0.4 is 5.32 Å². The van der Waals surface area contributed by atoms with Crippen LogP contribution in [0.3, 0.4) is 0 Å². The maximum atomic E-state index is 5.73. The van der Waals surface area contributed by atoms with Crippen LogP contribution >= 0.6 is 0 Å². The lowest BCUT2D eigenvalue weighted by Gasteiger charge is -2.40. The van der Waals surface area contributed by atoms with E-state index in [4.69, 9.17) is 4.74 Å². The molecule has 0 aromatic carbocycles. The Hall–Kier alpha value is -0.0800. The first-order valence-electron chi connectivity index (χ1n) is 7.19. The van der Waals surface area contributed by atoms with Crippen molar-refractivity contribution < 1.29 is 4.74 Å². The minimum atomic E-state index is 0.336. The fourth-order valence-electron chi connectivity index (χ4n) is 3.80. The maximum absolute atomic E-state index is 5.73. The molecule has 0 aromatic heterocycles. The van der Waals surface area contributed by atoms with Crippen LogP contribution in [0, 0.1) is 23.7 Å². The lowest BCUT2D eigenvalue weighted by molar-refractivity contribution is 0.00273. The molecule has 0 saturated heterocycles. The zero-order valence-corrected chi connectivity index (χ0v) is 12.5. The highest BCUT2D eigenvalue weighted by Gasteiger charge is 2.34. The fourth-order valence-corrected chi connectivity index (χ4v) is 3.80. The second kappa shape index (κ2) is 6.75. The number of hydrogen-bond donors (Lipinski definition) is 1. The molecule has 4 unspecified atom stereocenters. The van der Waals surface area contributed by atoms with Crippen molar-refractivity contribution in [3.05, 3.63) is 0 Å². The van der Waals surface area contributed by atoms with Crippen molar-refractivity contribution in [3.8, 4) is 0 Å². The minimum absolute atomic E-state index is 0.336. The Morgan fingerprint density at radius 1 is 1.06 bits per heavy atom. The van der Waals surface area contributed by atoms with E-state index in [1.807, 2.05) is 7.11 Å². The van der Waals surface area contributed by atoms with Crippen molar-refractivity contribution in [1.29, 1.82) is 0 Å². The molecule has 0 bridgehead atoms. The van der Waals surface area contributed by atoms with Gasteiger partial charge in [-0.25, -0.2) is 0 Å². The third-order valence-electron chi connectivity index (χ3n) is 4.34. The Morgan fingerprint density at radius 2 is 1.59 bits per heavy atom. The first-order chi connectivity index (χ1) is 7.99. The molecule has 1 saturated carbocycles. The summed E-state index contributed by atoms with van der Waals surface area (Å²) in [7, 11) is 3.94. The van der Waals surface area contributed by atoms with Gasteiger partial charge in [0.15, 0.2) is 0 Å². The van der Waals surface area contributed by atoms with Crippen LogP contribution in [0.25, 0.3) is 0 Å². The van der Waals surface area contributed by atoms with Gasteiger partial charge in [-0.15, -0.1) is 0 Å². The molecule has 0 radical (unpaired) electrons. The average molecular weight is 241 g/mol. The van der Waals surface area contributed by atoms with Gasteiger partial charge in [0.05, 0.1) is 6.10 Å². The second-order valence-electron chi connectivity index (χ2n) is 6.44. The lowest BCUT2D eigenvalue weighted by Crippen LogP contribution is -2.49. The van der Waals surface area contributed by atoms with Crippen molar-refractivity contribution in [3.63, 3.8) is 0 Å². The van der Waals surface area contributed by atoms with E-state index < -0.39 is 0 Å². The summed E-state index contributed by atoms with van der Waals surface area (Å²) in [6, 6.07) is 0.505. The number of methoxy groups -OCH3 is 1. The van der Waals surface area contributed by atoms with Gasteiger partial charge in [-0.2, -0.15) is 0 Å². The van der Waals surface area contributed by atoms with E-state index in [0.29, 0.717) is 18.1 Å². The van der Waals surface area contributed by atoms with Crippen LogP contribution in [0.15, 0.2) is 0 Å². The van der Waals surface area contributed by atoms with Gasteiger partial charge in [-0.1, -0.05) is 27.7 Å². The highest BCUT2D eigenvalue weighted by atomic mass is 16.5. The third kappa shape index (κ3) is 3.96. The molecule has 2 nitrogen and oxygen atoms in total. The van der Waals surface area contributed by atoms with Crippen LogP contribution in [0.2, 0.25) is 0 Å². The van der Waals surface area contributed by atoms with Crippen molar-refractivity contribution in [1.82, 2.24) is 5.32 Å². The number of nitrogens with one attached hydrogen (secondary N) is 1. The first-order valence-corrected chi connectivity index (χ1v) is 7.19. The maximum Gasteiger partial charge on any atom is 0.0749 e. The normalized spacial score (nSPS) is 33.7. The monoisotopic (exact) mass is 241 g/mol. The van der Waals surface area contributed by atoms with Crippen LogP contribution in [0.5, 0.6) is 0 Å². The molecule has 0 aromatic rings. The quantitative estimate of drug-likeness (QED) is 0.797. The van der Waals surface area contributed by atoms with Gasteiger partial charge < -0.3 is 10.1 Å². The smallest absolute Gasteiger partial charge is 0.0749 e. The lowest BCUT2D eigenvalue weighted by atomic mass is 9.71. The summed E-state index contributed by atoms with van der Waals surface area (Å²) >= 11 is 0. The Labute approximate surface area is 108 Å². The van der Waals surface area contributed by atoms with Gasteiger partial charge in [-0.3, -0.25) is 0 Å². The molecule has 102 valence electrons. The summed E-state index contributed by atoms with van der Waals surface area (Å²) in [6.45, 7) is 9.31. The number of ether oxygens (including phenoxy) is 1. The molecule has 4 atom stereocenters. The summed E-state index contributed by atoms with van der Waals surface area (Å²) in [5.74, 6) is 3.07. The van der Waals surface area contributed by atoms with E-state index in [9.17, 15) is 0 Å². The summed E-state index contributed by atoms with van der Waals surface area (Å²) in [6.07, 6.45) is 4.43. The van der Waals surface area contributed by atoms with Crippen LogP contribution in [-0.4, -0.2) is 26.3 Å². The molecule has 0 amide bonds. The number of hydrogen-bond acceptors (Lipinski definition) is 2. The molecule has 2 heteroatoms. The van der Waals surface area contributed by atoms with E-state index >= 15 is 0 Å². The first kappa shape index (κ1) is 15.0. The largest absolute Gasteiger partial charge is 0.380 e. The molecule has 0 spiro atoms. The summed E-state index contributed by atoms with van der Waals surface area (Å²) < 4.78 is 5.73. The fraction of sp³-hybridized carbons (Fsp3) is 1.00. The Balaban J connectivity index is 2.71. The Morgan fingerprint density at radius 3 is 1.94 bits per heavy atom. The molecule has 1 aliphatic rings. The van der Waals surface area contributed by atoms with E-state index in [1.54, 1.807) is 0 Å². The second-order valence-corrected chi connectivity index (χ2v) is 6.44. The summed E-state index contributed by atoms with van der Waals surface area (Å²) in [4.78, 5) is 0. The van der Waals surface area contributed by atoms with Gasteiger partial charge in [0.1, 0.15) is 0 Å². The van der Waals surface area contributed by atoms with Crippen molar-refractivity contribution in [2.45, 2.75) is 59.1 Å². The van der Waals surface area contributed by atoms with E-state index in [2.05, 4.69) is 40.1 Å². The van der Waals surface area contributed by atoms with Gasteiger partial charge in [-0.05, 0) is 50.0 Å². The van der Waals surface area contributed by atoms with E-state index in [-0.39, 0.29) is 0 Å². The van der Waals surface area contributed by atoms with Gasteiger partial charge in [0.25, 0.3) is 0 Å². The molecular formula is C15H31NO. The van der Waals surface area contributed by atoms with Crippen molar-refractivity contribution in [2.24, 2.45) is 23.7 Å². The molecule has 0 heterocycles. The van der Waals surface area contributed by atoms with Crippen LogP contribution in [0.4, 0.5) is 0 Å². The highest BCUT2D eigenvalue weighted by Crippen LogP contribution is 2.36. The SMILES string of the molecule is CNC(C1CC(C)CC(C)C1)C(OC)C(C)C. The van der Waals surface area contributed by atoms with Crippen LogP contribution in [-0.2, 0) is 4.74 Å². The van der Waals surface area contributed by atoms with Crippen molar-refractivity contribution >= 4 is 0 Å². The van der Waals surface area contributed by atoms with Crippen LogP contribution in [0.1, 0.15) is 47.0 Å². The summed E-state index contributed by atoms with van der Waals surface area (Å²) in [5, 5.41) is 3.52. The molecular weight excluding hydrogens is 210 g/mol. The molecule has 1 rings (SSSR count). The van der Waals surface area contributed by atoms with Gasteiger partial charge in [0, 0.05) is 13.2 Å². The third-order valence-corrected chi connectivity index (χ3v) is 4.34. The molecule has 1 N–H and O–H groups in total. The molecule has 1 aliphatic carbocycles. The van der Waals surface area contributed by atoms with E-state index in [0.717, 1.165) is 17.8 Å². The summed E-state index contributed by atoms with van der Waals surface area (Å²) in [5.41, 5.74) is 0.